The molecule has 1 aliphatic rings. The zero-order valence-electron chi connectivity index (χ0n) is 13.9. The molecule has 26 heavy (non-hydrogen) atoms. The van der Waals surface area contributed by atoms with Gasteiger partial charge in [0.05, 0.1) is 11.4 Å². The van der Waals surface area contributed by atoms with E-state index in [0.29, 0.717) is 22.8 Å². The van der Waals surface area contributed by atoms with E-state index in [2.05, 4.69) is 6.58 Å². The van der Waals surface area contributed by atoms with Crippen LogP contribution in [-0.4, -0.2) is 22.7 Å². The fourth-order valence-electron chi connectivity index (χ4n) is 2.38. The minimum absolute atomic E-state index is 0.122. The van der Waals surface area contributed by atoms with Crippen LogP contribution in [0.2, 0.25) is 0 Å². The van der Waals surface area contributed by atoms with Crippen LogP contribution in [0.1, 0.15) is 11.1 Å². The molecule has 0 N–H and O–H groups in total. The van der Waals surface area contributed by atoms with Crippen molar-refractivity contribution in [3.8, 4) is 5.75 Å². The van der Waals surface area contributed by atoms with Crippen LogP contribution in [-0.2, 0) is 11.3 Å². The van der Waals surface area contributed by atoms with E-state index < -0.39 is 0 Å². The van der Waals surface area contributed by atoms with Crippen molar-refractivity contribution in [2.75, 3.05) is 6.61 Å². The van der Waals surface area contributed by atoms with Crippen molar-refractivity contribution in [1.82, 2.24) is 4.90 Å². The lowest BCUT2D eigenvalue weighted by Gasteiger charge is -2.12. The fraction of sp³-hybridized carbons (Fsp3) is 0.100. The third kappa shape index (κ3) is 4.21. The van der Waals surface area contributed by atoms with Gasteiger partial charge in [0.25, 0.3) is 11.1 Å². The summed E-state index contributed by atoms with van der Waals surface area (Å²) in [6.07, 6.45) is 3.33. The SMILES string of the molecule is C=CCOc1ccc(/C=C2\SC(=O)N(Cc3ccc(F)cc3)C2=O)cc1. The highest BCUT2D eigenvalue weighted by Crippen LogP contribution is 2.33. The van der Waals surface area contributed by atoms with Crippen LogP contribution in [0, 0.1) is 5.82 Å². The van der Waals surface area contributed by atoms with Gasteiger partial charge in [-0.2, -0.15) is 0 Å². The van der Waals surface area contributed by atoms with Crippen molar-refractivity contribution in [3.05, 3.63) is 83.0 Å². The molecule has 1 fully saturated rings. The van der Waals surface area contributed by atoms with Crippen molar-refractivity contribution in [3.63, 3.8) is 0 Å². The Labute approximate surface area is 155 Å². The van der Waals surface area contributed by atoms with Gasteiger partial charge in [-0.25, -0.2) is 4.39 Å². The molecular formula is C20H16FNO3S. The summed E-state index contributed by atoms with van der Waals surface area (Å²) in [7, 11) is 0. The van der Waals surface area contributed by atoms with E-state index in [1.165, 1.54) is 12.1 Å². The number of benzene rings is 2. The largest absolute Gasteiger partial charge is 0.490 e. The molecule has 0 atom stereocenters. The Morgan fingerprint density at radius 1 is 1.08 bits per heavy atom. The van der Waals surface area contributed by atoms with Gasteiger partial charge in [0.1, 0.15) is 18.2 Å². The number of halogens is 1. The lowest BCUT2D eigenvalue weighted by molar-refractivity contribution is -0.123. The van der Waals surface area contributed by atoms with Gasteiger partial charge in [-0.05, 0) is 53.2 Å². The fourth-order valence-corrected chi connectivity index (χ4v) is 3.21. The zero-order chi connectivity index (χ0) is 18.5. The van der Waals surface area contributed by atoms with Crippen molar-refractivity contribution < 1.29 is 18.7 Å². The average Bonchev–Trinajstić information content (AvgIpc) is 2.90. The summed E-state index contributed by atoms with van der Waals surface area (Å²) in [4.78, 5) is 26.2. The Morgan fingerprint density at radius 2 is 1.77 bits per heavy atom. The first-order valence-corrected chi connectivity index (χ1v) is 8.72. The number of hydrogen-bond donors (Lipinski definition) is 0. The molecule has 1 saturated heterocycles. The number of rotatable bonds is 6. The van der Waals surface area contributed by atoms with E-state index in [0.717, 1.165) is 22.2 Å². The van der Waals surface area contributed by atoms with Crippen molar-refractivity contribution in [2.45, 2.75) is 6.54 Å². The molecule has 0 radical (unpaired) electrons. The Morgan fingerprint density at radius 3 is 2.42 bits per heavy atom. The summed E-state index contributed by atoms with van der Waals surface area (Å²) in [6, 6.07) is 12.9. The number of carbonyl (C=O) groups excluding carboxylic acids is 2. The molecule has 1 heterocycles. The summed E-state index contributed by atoms with van der Waals surface area (Å²) >= 11 is 0.897. The standard InChI is InChI=1S/C20H16FNO3S/c1-2-11-25-17-9-5-14(6-10-17)12-18-19(23)22(20(24)26-18)13-15-3-7-16(21)8-4-15/h2-10,12H,1,11,13H2/b18-12-. The van der Waals surface area contributed by atoms with Crippen LogP contribution >= 0.6 is 11.8 Å². The molecule has 0 spiro atoms. The van der Waals surface area contributed by atoms with E-state index in [9.17, 15) is 14.0 Å². The van der Waals surface area contributed by atoms with Crippen LogP contribution in [0.15, 0.2) is 66.1 Å². The third-order valence-corrected chi connectivity index (χ3v) is 4.58. The van der Waals surface area contributed by atoms with Crippen LogP contribution in [0.25, 0.3) is 6.08 Å². The predicted octanol–water partition coefficient (Wildman–Crippen LogP) is 4.63. The second-order valence-electron chi connectivity index (χ2n) is 5.56. The molecule has 0 bridgehead atoms. The highest BCUT2D eigenvalue weighted by molar-refractivity contribution is 8.18. The van der Waals surface area contributed by atoms with E-state index in [1.807, 2.05) is 12.1 Å². The van der Waals surface area contributed by atoms with Gasteiger partial charge in [0.2, 0.25) is 0 Å². The molecule has 4 nitrogen and oxygen atoms in total. The maximum atomic E-state index is 13.0. The molecule has 0 saturated carbocycles. The summed E-state index contributed by atoms with van der Waals surface area (Å²) in [5.74, 6) is -0.00826. The Hall–Kier alpha value is -2.86. The van der Waals surface area contributed by atoms with Gasteiger partial charge in [-0.15, -0.1) is 0 Å². The monoisotopic (exact) mass is 369 g/mol. The molecule has 132 valence electrons. The van der Waals surface area contributed by atoms with Gasteiger partial charge < -0.3 is 4.74 Å². The van der Waals surface area contributed by atoms with Crippen LogP contribution in [0.3, 0.4) is 0 Å². The van der Waals surface area contributed by atoms with Gasteiger partial charge in [-0.3, -0.25) is 14.5 Å². The first-order chi connectivity index (χ1) is 12.6. The predicted molar refractivity (Wildman–Crippen MR) is 100 cm³/mol. The molecule has 2 aromatic rings. The molecule has 3 rings (SSSR count). The maximum absolute atomic E-state index is 13.0. The number of thioether (sulfide) groups is 1. The number of amides is 2. The van der Waals surface area contributed by atoms with Crippen molar-refractivity contribution in [1.29, 1.82) is 0 Å². The number of hydrogen-bond acceptors (Lipinski definition) is 4. The molecular weight excluding hydrogens is 353 g/mol. The first-order valence-electron chi connectivity index (χ1n) is 7.90. The average molecular weight is 369 g/mol. The van der Waals surface area contributed by atoms with Crippen LogP contribution in [0.5, 0.6) is 5.75 Å². The smallest absolute Gasteiger partial charge is 0.293 e. The van der Waals surface area contributed by atoms with Crippen molar-refractivity contribution >= 4 is 29.0 Å². The second-order valence-corrected chi connectivity index (χ2v) is 6.56. The number of nitrogens with zero attached hydrogens (tertiary/aromatic N) is 1. The quantitative estimate of drug-likeness (QED) is 0.550. The summed E-state index contributed by atoms with van der Waals surface area (Å²) in [5.41, 5.74) is 1.49. The zero-order valence-corrected chi connectivity index (χ0v) is 14.7. The highest BCUT2D eigenvalue weighted by Gasteiger charge is 2.34. The van der Waals surface area contributed by atoms with Gasteiger partial charge in [0.15, 0.2) is 0 Å². The van der Waals surface area contributed by atoms with Gasteiger partial charge in [0, 0.05) is 0 Å². The lowest BCUT2D eigenvalue weighted by Crippen LogP contribution is -2.27. The highest BCUT2D eigenvalue weighted by atomic mass is 32.2. The third-order valence-electron chi connectivity index (χ3n) is 3.67. The van der Waals surface area contributed by atoms with E-state index in [1.54, 1.807) is 36.4 Å². The lowest BCUT2D eigenvalue weighted by atomic mass is 10.2. The van der Waals surface area contributed by atoms with Crippen LogP contribution in [0.4, 0.5) is 9.18 Å². The van der Waals surface area contributed by atoms with Gasteiger partial charge >= 0.3 is 0 Å². The maximum Gasteiger partial charge on any atom is 0.293 e. The molecule has 2 aromatic carbocycles. The number of ether oxygens (including phenoxy) is 1. The minimum atomic E-state index is -0.358. The van der Waals surface area contributed by atoms with Crippen LogP contribution < -0.4 is 4.74 Å². The minimum Gasteiger partial charge on any atom is -0.490 e. The molecule has 0 aliphatic carbocycles. The summed E-state index contributed by atoms with van der Waals surface area (Å²) in [5, 5.41) is -0.337. The topological polar surface area (TPSA) is 46.6 Å². The molecule has 6 heteroatoms. The number of carbonyl (C=O) groups is 2. The van der Waals surface area contributed by atoms with Crippen molar-refractivity contribution in [2.24, 2.45) is 0 Å². The molecule has 1 aliphatic heterocycles. The second kappa shape index (κ2) is 8.01. The first kappa shape index (κ1) is 17.9. The van der Waals surface area contributed by atoms with E-state index in [-0.39, 0.29) is 23.5 Å². The summed E-state index contributed by atoms with van der Waals surface area (Å²) in [6.45, 7) is 4.13. The van der Waals surface area contributed by atoms with Gasteiger partial charge in [-0.1, -0.05) is 36.9 Å². The Bertz CT molecular complexity index is 860. The Balaban J connectivity index is 1.72. The Kier molecular flexibility index (Phi) is 5.53. The molecule has 0 unspecified atom stereocenters. The van der Waals surface area contributed by atoms with E-state index >= 15 is 0 Å². The summed E-state index contributed by atoms with van der Waals surface area (Å²) < 4.78 is 18.4. The van der Waals surface area contributed by atoms with E-state index in [4.69, 9.17) is 4.74 Å². The normalized spacial score (nSPS) is 15.6. The number of imide groups is 1. The molecule has 2 amide bonds. The molecule has 0 aromatic heterocycles.